The van der Waals surface area contributed by atoms with Crippen LogP contribution >= 0.6 is 11.6 Å². The second-order valence-corrected chi connectivity index (χ2v) is 5.07. The molecule has 2 aromatic rings. The average Bonchev–Trinajstić information content (AvgIpc) is 2.96. The number of carbonyl (C=O) groups excluding carboxylic acids is 1. The second kappa shape index (κ2) is 7.29. The average molecular weight is 308 g/mol. The van der Waals surface area contributed by atoms with E-state index in [-0.39, 0.29) is 11.8 Å². The minimum atomic E-state index is -0.473. The molecule has 2 rings (SSSR count). The van der Waals surface area contributed by atoms with Crippen LogP contribution in [0.4, 0.5) is 0 Å². The molecule has 0 radical (unpaired) electrons. The first-order chi connectivity index (χ1) is 10.1. The molecule has 0 bridgehead atoms. The Kier molecular flexibility index (Phi) is 5.42. The van der Waals surface area contributed by atoms with Crippen LogP contribution in [0.2, 0.25) is 5.02 Å². The standard InChI is InChI=1S/C16H18ClNO3/c1-3-18-13(10-11-5-4-6-12(17)9-11)14-7-8-15(21-14)16(19)20-2/h4-9,13,18H,3,10H2,1-2H3. The van der Waals surface area contributed by atoms with Crippen molar-refractivity contribution in [3.05, 3.63) is 58.5 Å². The second-order valence-electron chi connectivity index (χ2n) is 4.64. The highest BCUT2D eigenvalue weighted by Gasteiger charge is 2.18. The molecular weight excluding hydrogens is 290 g/mol. The quantitative estimate of drug-likeness (QED) is 0.828. The summed E-state index contributed by atoms with van der Waals surface area (Å²) in [6.07, 6.45) is 0.725. The molecule has 21 heavy (non-hydrogen) atoms. The molecule has 112 valence electrons. The molecule has 1 heterocycles. The molecule has 0 amide bonds. The van der Waals surface area contributed by atoms with Crippen LogP contribution < -0.4 is 5.32 Å². The summed E-state index contributed by atoms with van der Waals surface area (Å²) in [5.74, 6) is 0.443. The van der Waals surface area contributed by atoms with Gasteiger partial charge in [-0.25, -0.2) is 4.79 Å². The van der Waals surface area contributed by atoms with Gasteiger partial charge in [-0.05, 0) is 42.8 Å². The summed E-state index contributed by atoms with van der Waals surface area (Å²) in [7, 11) is 1.33. The topological polar surface area (TPSA) is 51.5 Å². The Balaban J connectivity index is 2.18. The molecule has 1 unspecified atom stereocenters. The van der Waals surface area contributed by atoms with Crippen LogP contribution in [0.3, 0.4) is 0 Å². The van der Waals surface area contributed by atoms with Gasteiger partial charge in [0.2, 0.25) is 5.76 Å². The molecule has 1 atom stereocenters. The van der Waals surface area contributed by atoms with E-state index in [1.165, 1.54) is 7.11 Å². The number of hydrogen-bond donors (Lipinski definition) is 1. The predicted octanol–water partition coefficient (Wildman–Crippen LogP) is 3.61. The van der Waals surface area contributed by atoms with Crippen LogP contribution in [-0.4, -0.2) is 19.6 Å². The number of methoxy groups -OCH3 is 1. The SMILES string of the molecule is CCNC(Cc1cccc(Cl)c1)c1ccc(C(=O)OC)o1. The first kappa shape index (κ1) is 15.6. The van der Waals surface area contributed by atoms with Gasteiger partial charge in [0.25, 0.3) is 0 Å². The molecule has 5 heteroatoms. The van der Waals surface area contributed by atoms with E-state index < -0.39 is 5.97 Å². The zero-order valence-corrected chi connectivity index (χ0v) is 12.8. The number of rotatable bonds is 6. The van der Waals surface area contributed by atoms with Gasteiger partial charge in [-0.1, -0.05) is 30.7 Å². The van der Waals surface area contributed by atoms with E-state index in [0.29, 0.717) is 10.8 Å². The largest absolute Gasteiger partial charge is 0.463 e. The molecule has 0 aliphatic rings. The fourth-order valence-electron chi connectivity index (χ4n) is 2.17. The number of benzene rings is 1. The van der Waals surface area contributed by atoms with Gasteiger partial charge in [0.05, 0.1) is 13.2 Å². The van der Waals surface area contributed by atoms with E-state index in [1.54, 1.807) is 12.1 Å². The maximum absolute atomic E-state index is 11.5. The Hall–Kier alpha value is -1.78. The highest BCUT2D eigenvalue weighted by atomic mass is 35.5. The van der Waals surface area contributed by atoms with E-state index in [0.717, 1.165) is 18.5 Å². The molecule has 4 nitrogen and oxygen atoms in total. The van der Waals surface area contributed by atoms with Crippen LogP contribution in [0.1, 0.15) is 34.8 Å². The summed E-state index contributed by atoms with van der Waals surface area (Å²) in [6, 6.07) is 11.1. The van der Waals surface area contributed by atoms with Gasteiger partial charge in [-0.2, -0.15) is 0 Å². The number of halogens is 1. The van der Waals surface area contributed by atoms with Crippen LogP contribution in [-0.2, 0) is 11.2 Å². The van der Waals surface area contributed by atoms with Gasteiger partial charge >= 0.3 is 5.97 Å². The number of hydrogen-bond acceptors (Lipinski definition) is 4. The normalized spacial score (nSPS) is 12.1. The molecule has 1 aromatic heterocycles. The molecule has 0 saturated carbocycles. The number of nitrogens with one attached hydrogen (secondary N) is 1. The lowest BCUT2D eigenvalue weighted by molar-refractivity contribution is 0.0562. The van der Waals surface area contributed by atoms with Gasteiger partial charge in [0, 0.05) is 5.02 Å². The number of esters is 1. The van der Waals surface area contributed by atoms with Crippen LogP contribution in [0, 0.1) is 0 Å². The molecular formula is C16H18ClNO3. The summed E-state index contributed by atoms with van der Waals surface area (Å²) in [6.45, 7) is 2.81. The van der Waals surface area contributed by atoms with Gasteiger partial charge < -0.3 is 14.5 Å². The number of ether oxygens (including phenoxy) is 1. The Bertz CT molecular complexity index is 609. The summed E-state index contributed by atoms with van der Waals surface area (Å²) in [5.41, 5.74) is 1.10. The fraction of sp³-hybridized carbons (Fsp3) is 0.312. The van der Waals surface area contributed by atoms with Gasteiger partial charge in [0.15, 0.2) is 0 Å². The van der Waals surface area contributed by atoms with Crippen LogP contribution in [0.5, 0.6) is 0 Å². The molecule has 1 aromatic carbocycles. The van der Waals surface area contributed by atoms with Crippen LogP contribution in [0.25, 0.3) is 0 Å². The summed E-state index contributed by atoms with van der Waals surface area (Å²) < 4.78 is 10.2. The van der Waals surface area contributed by atoms with Crippen molar-refractivity contribution in [2.24, 2.45) is 0 Å². The number of furan rings is 1. The van der Waals surface area contributed by atoms with Gasteiger partial charge in [0.1, 0.15) is 5.76 Å². The van der Waals surface area contributed by atoms with Gasteiger partial charge in [-0.15, -0.1) is 0 Å². The lowest BCUT2D eigenvalue weighted by Gasteiger charge is -2.15. The summed E-state index contributed by atoms with van der Waals surface area (Å²) in [5, 5.41) is 4.05. The highest BCUT2D eigenvalue weighted by Crippen LogP contribution is 2.22. The van der Waals surface area contributed by atoms with Crippen molar-refractivity contribution in [2.45, 2.75) is 19.4 Å². The van der Waals surface area contributed by atoms with Crippen molar-refractivity contribution in [1.29, 1.82) is 0 Å². The first-order valence-corrected chi connectivity index (χ1v) is 7.17. The lowest BCUT2D eigenvalue weighted by Crippen LogP contribution is -2.22. The third kappa shape index (κ3) is 4.09. The van der Waals surface area contributed by atoms with Crippen molar-refractivity contribution in [2.75, 3.05) is 13.7 Å². The van der Waals surface area contributed by atoms with E-state index >= 15 is 0 Å². The molecule has 0 aliphatic carbocycles. The van der Waals surface area contributed by atoms with Crippen molar-refractivity contribution < 1.29 is 13.9 Å². The molecule has 0 saturated heterocycles. The van der Waals surface area contributed by atoms with E-state index in [1.807, 2.05) is 31.2 Å². The van der Waals surface area contributed by atoms with Crippen molar-refractivity contribution >= 4 is 17.6 Å². The molecule has 0 fully saturated rings. The number of carbonyl (C=O) groups is 1. The fourth-order valence-corrected chi connectivity index (χ4v) is 2.38. The summed E-state index contributed by atoms with van der Waals surface area (Å²) >= 11 is 6.01. The minimum Gasteiger partial charge on any atom is -0.463 e. The van der Waals surface area contributed by atoms with Crippen molar-refractivity contribution in [3.63, 3.8) is 0 Å². The number of likely N-dealkylation sites (N-methyl/N-ethyl adjacent to an activating group) is 1. The highest BCUT2D eigenvalue weighted by molar-refractivity contribution is 6.30. The molecule has 1 N–H and O–H groups in total. The summed E-state index contributed by atoms with van der Waals surface area (Å²) in [4.78, 5) is 11.5. The van der Waals surface area contributed by atoms with E-state index in [9.17, 15) is 4.79 Å². The molecule has 0 aliphatic heterocycles. The zero-order valence-electron chi connectivity index (χ0n) is 12.1. The van der Waals surface area contributed by atoms with Crippen molar-refractivity contribution in [1.82, 2.24) is 5.32 Å². The van der Waals surface area contributed by atoms with E-state index in [2.05, 4.69) is 10.1 Å². The lowest BCUT2D eigenvalue weighted by atomic mass is 10.0. The first-order valence-electron chi connectivity index (χ1n) is 6.80. The minimum absolute atomic E-state index is 0.0214. The Labute approximate surface area is 129 Å². The monoisotopic (exact) mass is 307 g/mol. The van der Waals surface area contributed by atoms with Gasteiger partial charge in [-0.3, -0.25) is 0 Å². The Morgan fingerprint density at radius 1 is 1.38 bits per heavy atom. The maximum atomic E-state index is 11.5. The van der Waals surface area contributed by atoms with E-state index in [4.69, 9.17) is 16.0 Å². The third-order valence-corrected chi connectivity index (χ3v) is 3.37. The predicted molar refractivity (Wildman–Crippen MR) is 81.6 cm³/mol. The molecule has 0 spiro atoms. The van der Waals surface area contributed by atoms with Crippen LogP contribution in [0.15, 0.2) is 40.8 Å². The Morgan fingerprint density at radius 3 is 2.86 bits per heavy atom. The zero-order chi connectivity index (χ0) is 15.2. The van der Waals surface area contributed by atoms with Crippen molar-refractivity contribution in [3.8, 4) is 0 Å². The third-order valence-electron chi connectivity index (χ3n) is 3.14. The smallest absolute Gasteiger partial charge is 0.373 e. The maximum Gasteiger partial charge on any atom is 0.373 e. The Morgan fingerprint density at radius 2 is 2.19 bits per heavy atom.